The van der Waals surface area contributed by atoms with E-state index in [4.69, 9.17) is 20.8 Å². The van der Waals surface area contributed by atoms with E-state index >= 15 is 0 Å². The Balaban J connectivity index is 1.77. The van der Waals surface area contributed by atoms with Gasteiger partial charge in [0.25, 0.3) is 0 Å². The Morgan fingerprint density at radius 3 is 2.87 bits per heavy atom. The molecular weight excluding hydrogens is 316 g/mol. The zero-order valence-electron chi connectivity index (χ0n) is 12.2. The van der Waals surface area contributed by atoms with Crippen LogP contribution in [0.1, 0.15) is 16.1 Å². The van der Waals surface area contributed by atoms with Gasteiger partial charge in [-0.25, -0.2) is 5.43 Å². The first-order valence-electron chi connectivity index (χ1n) is 6.83. The number of halogens is 1. The van der Waals surface area contributed by atoms with Gasteiger partial charge in [-0.1, -0.05) is 41.9 Å². The van der Waals surface area contributed by atoms with E-state index in [1.165, 1.54) is 6.21 Å². The molecule has 23 heavy (non-hydrogen) atoms. The highest BCUT2D eigenvalue weighted by atomic mass is 35.5. The van der Waals surface area contributed by atoms with Crippen molar-refractivity contribution in [2.75, 3.05) is 7.11 Å². The molecule has 2 aromatic carbocycles. The monoisotopic (exact) mass is 328 g/mol. The van der Waals surface area contributed by atoms with E-state index in [2.05, 4.69) is 10.5 Å². The van der Waals surface area contributed by atoms with E-state index in [-0.39, 0.29) is 5.76 Å². The number of nitrogens with zero attached hydrogens (tertiary/aromatic N) is 1. The summed E-state index contributed by atoms with van der Waals surface area (Å²) in [5.41, 5.74) is 3.64. The van der Waals surface area contributed by atoms with Crippen molar-refractivity contribution in [2.45, 2.75) is 0 Å². The molecule has 0 saturated heterocycles. The number of rotatable bonds is 4. The molecule has 0 atom stereocenters. The predicted molar refractivity (Wildman–Crippen MR) is 89.3 cm³/mol. The van der Waals surface area contributed by atoms with Crippen LogP contribution in [0.25, 0.3) is 11.0 Å². The second kappa shape index (κ2) is 6.54. The molecule has 116 valence electrons. The summed E-state index contributed by atoms with van der Waals surface area (Å²) < 4.78 is 10.7. The lowest BCUT2D eigenvalue weighted by Gasteiger charge is -1.99. The fourth-order valence-electron chi connectivity index (χ4n) is 2.10. The highest BCUT2D eigenvalue weighted by molar-refractivity contribution is 6.33. The summed E-state index contributed by atoms with van der Waals surface area (Å²) in [4.78, 5) is 12.1. The minimum absolute atomic E-state index is 0.154. The van der Waals surface area contributed by atoms with Crippen molar-refractivity contribution in [1.82, 2.24) is 5.43 Å². The van der Waals surface area contributed by atoms with Crippen molar-refractivity contribution >= 4 is 34.7 Å². The van der Waals surface area contributed by atoms with Gasteiger partial charge in [0, 0.05) is 16.0 Å². The topological polar surface area (TPSA) is 63.8 Å². The van der Waals surface area contributed by atoms with E-state index in [1.807, 2.05) is 24.3 Å². The zero-order valence-corrected chi connectivity index (χ0v) is 13.0. The maximum atomic E-state index is 12.1. The van der Waals surface area contributed by atoms with Gasteiger partial charge in [0.2, 0.25) is 0 Å². The molecule has 3 rings (SSSR count). The molecule has 1 aromatic heterocycles. The molecule has 0 saturated carbocycles. The molecule has 0 bridgehead atoms. The van der Waals surface area contributed by atoms with Crippen molar-refractivity contribution in [3.8, 4) is 5.75 Å². The number of amides is 1. The lowest BCUT2D eigenvalue weighted by atomic mass is 10.2. The van der Waals surface area contributed by atoms with Crippen LogP contribution in [0.3, 0.4) is 0 Å². The van der Waals surface area contributed by atoms with Gasteiger partial charge in [0.05, 0.1) is 13.3 Å². The summed E-state index contributed by atoms with van der Waals surface area (Å²) in [6.07, 6.45) is 1.48. The number of hydrazone groups is 1. The number of hydrogen-bond donors (Lipinski definition) is 1. The van der Waals surface area contributed by atoms with Gasteiger partial charge in [-0.2, -0.15) is 5.10 Å². The van der Waals surface area contributed by atoms with Crippen molar-refractivity contribution < 1.29 is 13.9 Å². The van der Waals surface area contributed by atoms with Gasteiger partial charge in [-0.3, -0.25) is 4.79 Å². The molecule has 1 heterocycles. The van der Waals surface area contributed by atoms with E-state index in [0.717, 1.165) is 5.39 Å². The van der Waals surface area contributed by atoms with Gasteiger partial charge < -0.3 is 9.15 Å². The summed E-state index contributed by atoms with van der Waals surface area (Å²) in [6.45, 7) is 0. The van der Waals surface area contributed by atoms with Crippen LogP contribution in [0.2, 0.25) is 5.02 Å². The van der Waals surface area contributed by atoms with Gasteiger partial charge in [-0.05, 0) is 18.2 Å². The molecule has 3 aromatic rings. The number of hydrogen-bond acceptors (Lipinski definition) is 4. The number of ether oxygens (including phenoxy) is 1. The molecule has 1 N–H and O–H groups in total. The molecule has 0 spiro atoms. The largest absolute Gasteiger partial charge is 0.493 e. The Hall–Kier alpha value is -2.79. The standard InChI is InChI=1S/C17H13ClN2O3/c1-22-14-8-4-6-11-9-15(23-16(11)14)17(21)20-19-10-12-5-2-3-7-13(12)18/h2-10H,1H3,(H,20,21)/b19-10-. The number of furan rings is 1. The van der Waals surface area contributed by atoms with Crippen LogP contribution in [0, 0.1) is 0 Å². The summed E-state index contributed by atoms with van der Waals surface area (Å²) in [6, 6.07) is 14.3. The molecule has 5 nitrogen and oxygen atoms in total. The average molecular weight is 329 g/mol. The Bertz CT molecular complexity index is 886. The van der Waals surface area contributed by atoms with Crippen molar-refractivity contribution in [2.24, 2.45) is 5.10 Å². The third-order valence-corrected chi connectivity index (χ3v) is 3.57. The minimum atomic E-state index is -0.452. The van der Waals surface area contributed by atoms with Crippen LogP contribution >= 0.6 is 11.6 Å². The van der Waals surface area contributed by atoms with Crippen molar-refractivity contribution in [1.29, 1.82) is 0 Å². The summed E-state index contributed by atoms with van der Waals surface area (Å²) in [7, 11) is 1.55. The molecule has 6 heteroatoms. The molecule has 0 unspecified atom stereocenters. The molecule has 0 aliphatic rings. The average Bonchev–Trinajstić information content (AvgIpc) is 3.00. The fourth-order valence-corrected chi connectivity index (χ4v) is 2.29. The number of carbonyl (C=O) groups excluding carboxylic acids is 1. The third-order valence-electron chi connectivity index (χ3n) is 3.23. The van der Waals surface area contributed by atoms with Gasteiger partial charge >= 0.3 is 5.91 Å². The van der Waals surface area contributed by atoms with Crippen LogP contribution in [-0.4, -0.2) is 19.2 Å². The first kappa shape index (κ1) is 15.1. The summed E-state index contributed by atoms with van der Waals surface area (Å²) in [5, 5.41) is 5.23. The van der Waals surface area contributed by atoms with Crippen LogP contribution in [-0.2, 0) is 0 Å². The smallest absolute Gasteiger partial charge is 0.307 e. The second-order valence-corrected chi connectivity index (χ2v) is 5.12. The van der Waals surface area contributed by atoms with Crippen LogP contribution in [0.15, 0.2) is 58.0 Å². The maximum absolute atomic E-state index is 12.1. The second-order valence-electron chi connectivity index (χ2n) is 4.71. The molecule has 1 amide bonds. The van der Waals surface area contributed by atoms with Crippen molar-refractivity contribution in [3.63, 3.8) is 0 Å². The van der Waals surface area contributed by atoms with Crippen LogP contribution in [0.5, 0.6) is 5.75 Å². The Morgan fingerprint density at radius 1 is 1.26 bits per heavy atom. The number of nitrogens with one attached hydrogen (secondary N) is 1. The lowest BCUT2D eigenvalue weighted by Crippen LogP contribution is -2.16. The predicted octanol–water partition coefficient (Wildman–Crippen LogP) is 3.86. The number of carbonyl (C=O) groups is 1. The normalized spacial score (nSPS) is 11.0. The van der Waals surface area contributed by atoms with Gasteiger partial charge in [0.1, 0.15) is 0 Å². The number of para-hydroxylation sites is 1. The van der Waals surface area contributed by atoms with E-state index in [9.17, 15) is 4.79 Å². The first-order valence-corrected chi connectivity index (χ1v) is 7.21. The van der Waals surface area contributed by atoms with Crippen LogP contribution < -0.4 is 10.2 Å². The number of fused-ring (bicyclic) bond motifs is 1. The molecule has 0 fully saturated rings. The Morgan fingerprint density at radius 2 is 2.09 bits per heavy atom. The first-order chi connectivity index (χ1) is 11.2. The van der Waals surface area contributed by atoms with E-state index in [0.29, 0.717) is 21.9 Å². The fraction of sp³-hybridized carbons (Fsp3) is 0.0588. The Labute approximate surface area is 137 Å². The molecule has 0 aliphatic heterocycles. The lowest BCUT2D eigenvalue weighted by molar-refractivity contribution is 0.0929. The number of methoxy groups -OCH3 is 1. The van der Waals surface area contributed by atoms with Crippen LogP contribution in [0.4, 0.5) is 0 Å². The highest BCUT2D eigenvalue weighted by Crippen LogP contribution is 2.28. The van der Waals surface area contributed by atoms with Gasteiger partial charge in [0.15, 0.2) is 17.1 Å². The van der Waals surface area contributed by atoms with E-state index in [1.54, 1.807) is 31.4 Å². The van der Waals surface area contributed by atoms with Gasteiger partial charge in [-0.15, -0.1) is 0 Å². The number of benzene rings is 2. The van der Waals surface area contributed by atoms with E-state index < -0.39 is 5.91 Å². The maximum Gasteiger partial charge on any atom is 0.307 e. The SMILES string of the molecule is COc1cccc2cc(C(=O)N/N=C\c3ccccc3Cl)oc12. The highest BCUT2D eigenvalue weighted by Gasteiger charge is 2.14. The third kappa shape index (κ3) is 3.19. The molecular formula is C17H13ClN2O3. The molecule has 0 aliphatic carbocycles. The molecule has 0 radical (unpaired) electrons. The van der Waals surface area contributed by atoms with Crippen molar-refractivity contribution in [3.05, 3.63) is 64.9 Å². The minimum Gasteiger partial charge on any atom is -0.493 e. The summed E-state index contributed by atoms with van der Waals surface area (Å²) >= 11 is 6.01. The summed E-state index contributed by atoms with van der Waals surface area (Å²) in [5.74, 6) is 0.272. The quantitative estimate of drug-likeness (QED) is 0.584. The zero-order chi connectivity index (χ0) is 16.2. The Kier molecular flexibility index (Phi) is 4.30.